The van der Waals surface area contributed by atoms with Crippen molar-refractivity contribution in [1.29, 1.82) is 0 Å². The van der Waals surface area contributed by atoms with Crippen LogP contribution in [0.5, 0.6) is 0 Å². The summed E-state index contributed by atoms with van der Waals surface area (Å²) >= 11 is 0. The van der Waals surface area contributed by atoms with E-state index in [-0.39, 0.29) is 70.1 Å². The van der Waals surface area contributed by atoms with Crippen LogP contribution >= 0.6 is 0 Å². The maximum absolute atomic E-state index is 9.41. The Kier molecular flexibility index (Phi) is 43.1. The molecule has 0 bridgehead atoms. The molecule has 0 fully saturated rings. The number of aliphatic carboxylic acids is 2. The molecule has 8 heteroatoms. The van der Waals surface area contributed by atoms with Crippen LogP contribution in [0.4, 0.5) is 0 Å². The molecule has 12 heavy (non-hydrogen) atoms. The molecule has 0 aliphatic carbocycles. The predicted octanol–water partition coefficient (Wildman–Crippen LogP) is -10.6. The summed E-state index contributed by atoms with van der Waals surface area (Å²) < 4.78 is 0. The fraction of sp³-hybridized carbons (Fsp3) is 0. The molecule has 0 aromatic rings. The van der Waals surface area contributed by atoms with Gasteiger partial charge in [0.15, 0.2) is 0 Å². The summed E-state index contributed by atoms with van der Waals surface area (Å²) in [7, 11) is 0. The van der Waals surface area contributed by atoms with Gasteiger partial charge in [-0.2, -0.15) is 0 Å². The van der Waals surface area contributed by atoms with E-state index in [1.807, 2.05) is 0 Å². The summed E-state index contributed by atoms with van der Waals surface area (Å²) in [6.07, 6.45) is 0.769. The third kappa shape index (κ3) is 31.2. The van der Waals surface area contributed by atoms with Gasteiger partial charge in [0.2, 0.25) is 0 Å². The van der Waals surface area contributed by atoms with Crippen LogP contribution in [0.3, 0.4) is 0 Å². The molecule has 6 nitrogen and oxygen atoms in total. The largest absolute Gasteiger partial charge is 1.00 e. The van der Waals surface area contributed by atoms with E-state index in [2.05, 4.69) is 0 Å². The van der Waals surface area contributed by atoms with E-state index < -0.39 is 11.9 Å². The van der Waals surface area contributed by atoms with Crippen molar-refractivity contribution in [3.05, 3.63) is 12.2 Å². The van der Waals surface area contributed by atoms with Crippen LogP contribution in [-0.4, -0.2) is 22.9 Å². The van der Waals surface area contributed by atoms with Crippen LogP contribution in [0, 0.1) is 0 Å². The van der Waals surface area contributed by atoms with Crippen molar-refractivity contribution in [2.24, 2.45) is 0 Å². The number of carboxylic acids is 2. The Labute approximate surface area is 113 Å². The molecule has 0 aliphatic heterocycles. The minimum Gasteiger partial charge on any atom is -0.545 e. The van der Waals surface area contributed by atoms with Crippen molar-refractivity contribution >= 4 is 11.9 Å². The quantitative estimate of drug-likeness (QED) is 0.319. The summed E-state index contributed by atoms with van der Waals surface area (Å²) in [6.45, 7) is 0. The molecule has 0 atom stereocenters. The van der Waals surface area contributed by atoms with Gasteiger partial charge in [0.25, 0.3) is 0 Å². The first-order valence-corrected chi connectivity index (χ1v) is 1.73. The molecule has 0 amide bonds. The summed E-state index contributed by atoms with van der Waals surface area (Å²) in [5.74, 6) is -3.09. The average molecular weight is 196 g/mol. The van der Waals surface area contributed by atoms with Gasteiger partial charge in [-0.05, 0) is 12.2 Å². The fourth-order valence-corrected chi connectivity index (χ4v) is 0.136. The van der Waals surface area contributed by atoms with E-state index in [1.54, 1.807) is 0 Å². The van der Waals surface area contributed by atoms with Crippen molar-refractivity contribution in [3.8, 4) is 0 Å². The van der Waals surface area contributed by atoms with E-state index in [9.17, 15) is 19.8 Å². The third-order valence-corrected chi connectivity index (χ3v) is 0.355. The van der Waals surface area contributed by atoms with Gasteiger partial charge in [-0.15, -0.1) is 0 Å². The number of carbonyl (C=O) groups is 2. The van der Waals surface area contributed by atoms with Gasteiger partial charge in [0.05, 0.1) is 11.9 Å². The number of hydrogen-bond donors (Lipinski definition) is 0. The molecule has 0 aliphatic rings. The van der Waals surface area contributed by atoms with Gasteiger partial charge in [-0.3, -0.25) is 0 Å². The van der Waals surface area contributed by atoms with E-state index in [4.69, 9.17) is 0 Å². The second-order valence-corrected chi connectivity index (χ2v) is 0.971. The molecule has 0 rings (SSSR count). The molecule has 0 aromatic heterocycles. The standard InChI is InChI=1S/C4H4O4.2Na.2H2O/c5-3(6)1-2-4(7)8;;;;/h1-2H,(H,5,6)(H,7,8);;;2*1H2/q;2*+1;;/p-2. The Morgan fingerprint density at radius 1 is 0.833 bits per heavy atom. The molecular formula is C4H6Na2O6. The maximum atomic E-state index is 9.41. The van der Waals surface area contributed by atoms with E-state index in [0.29, 0.717) is 12.2 Å². The summed E-state index contributed by atoms with van der Waals surface area (Å²) in [5, 5.41) is 18.8. The molecule has 0 saturated carbocycles. The Balaban J connectivity index is -0.0000000408. The molecule has 0 saturated heterocycles. The number of carboxylic acid groups (broad SMARTS) is 2. The minimum atomic E-state index is -1.55. The molecule has 0 radical (unpaired) electrons. The summed E-state index contributed by atoms with van der Waals surface area (Å²) in [5.41, 5.74) is 0. The summed E-state index contributed by atoms with van der Waals surface area (Å²) in [6, 6.07) is 0. The fourth-order valence-electron chi connectivity index (χ4n) is 0.136. The van der Waals surface area contributed by atoms with Crippen molar-refractivity contribution in [1.82, 2.24) is 0 Å². The Morgan fingerprint density at radius 3 is 1.08 bits per heavy atom. The van der Waals surface area contributed by atoms with Gasteiger partial charge >= 0.3 is 59.1 Å². The zero-order valence-electron chi connectivity index (χ0n) is 6.79. The Morgan fingerprint density at radius 2 is 1.00 bits per heavy atom. The Hall–Kier alpha value is 0.600. The van der Waals surface area contributed by atoms with Gasteiger partial charge in [-0.1, -0.05) is 0 Å². The van der Waals surface area contributed by atoms with Crippen LogP contribution in [0.15, 0.2) is 12.2 Å². The van der Waals surface area contributed by atoms with Crippen molar-refractivity contribution in [2.45, 2.75) is 0 Å². The van der Waals surface area contributed by atoms with Crippen LogP contribution in [-0.2, 0) is 9.59 Å². The second-order valence-electron chi connectivity index (χ2n) is 0.971. The Bertz CT molecular complexity index is 128. The number of carbonyl (C=O) groups excluding carboxylic acids is 2. The van der Waals surface area contributed by atoms with Gasteiger partial charge < -0.3 is 30.8 Å². The first-order chi connectivity index (χ1) is 3.63. The molecule has 0 unspecified atom stereocenters. The maximum Gasteiger partial charge on any atom is 1.00 e. The number of hydrogen-bond acceptors (Lipinski definition) is 4. The van der Waals surface area contributed by atoms with Gasteiger partial charge in [0, 0.05) is 0 Å². The minimum absolute atomic E-state index is 0. The third-order valence-electron chi connectivity index (χ3n) is 0.355. The average Bonchev–Trinajstić information content (AvgIpc) is 1.61. The molecular weight excluding hydrogens is 190 g/mol. The van der Waals surface area contributed by atoms with E-state index in [1.165, 1.54) is 0 Å². The van der Waals surface area contributed by atoms with E-state index in [0.717, 1.165) is 0 Å². The zero-order valence-corrected chi connectivity index (χ0v) is 10.8. The first-order valence-electron chi connectivity index (χ1n) is 1.73. The van der Waals surface area contributed by atoms with Crippen molar-refractivity contribution < 1.29 is 89.9 Å². The predicted molar refractivity (Wildman–Crippen MR) is 26.4 cm³/mol. The van der Waals surface area contributed by atoms with Crippen molar-refractivity contribution in [3.63, 3.8) is 0 Å². The van der Waals surface area contributed by atoms with Crippen LogP contribution in [0.25, 0.3) is 0 Å². The van der Waals surface area contributed by atoms with Gasteiger partial charge in [-0.25, -0.2) is 0 Å². The smallest absolute Gasteiger partial charge is 0.545 e. The zero-order chi connectivity index (χ0) is 6.57. The van der Waals surface area contributed by atoms with Gasteiger partial charge in [0.1, 0.15) is 0 Å². The first kappa shape index (κ1) is 29.4. The topological polar surface area (TPSA) is 143 Å². The monoisotopic (exact) mass is 196 g/mol. The van der Waals surface area contributed by atoms with Crippen LogP contribution in [0.2, 0.25) is 0 Å². The molecule has 0 aromatic carbocycles. The number of rotatable bonds is 2. The molecule has 0 spiro atoms. The SMILES string of the molecule is O.O.O=C([O-])C=CC(=O)[O-].[Na+].[Na+]. The van der Waals surface area contributed by atoms with Crippen molar-refractivity contribution in [2.75, 3.05) is 0 Å². The van der Waals surface area contributed by atoms with E-state index >= 15 is 0 Å². The molecule has 4 N–H and O–H groups in total. The van der Waals surface area contributed by atoms with Crippen LogP contribution < -0.4 is 69.3 Å². The second kappa shape index (κ2) is 17.6. The normalized spacial score (nSPS) is 6.33. The molecule has 0 heterocycles. The molecule has 60 valence electrons. The summed E-state index contributed by atoms with van der Waals surface area (Å²) in [4.78, 5) is 18.8. The van der Waals surface area contributed by atoms with Crippen LogP contribution in [0.1, 0.15) is 0 Å².